The number of nitrogens with zero attached hydrogens (tertiary/aromatic N) is 1. The maximum Gasteiger partial charge on any atom is 0.191 e. The molecule has 0 aliphatic rings. The summed E-state index contributed by atoms with van der Waals surface area (Å²) >= 11 is 1.85. The van der Waals surface area contributed by atoms with E-state index in [1.165, 1.54) is 9.75 Å². The number of methoxy groups -OCH3 is 1. The zero-order valence-corrected chi connectivity index (χ0v) is 14.9. The van der Waals surface area contributed by atoms with E-state index in [0.717, 1.165) is 36.8 Å². The lowest BCUT2D eigenvalue weighted by molar-refractivity contribution is 0.410. The van der Waals surface area contributed by atoms with Crippen LogP contribution in [0.5, 0.6) is 5.75 Å². The van der Waals surface area contributed by atoms with Crippen molar-refractivity contribution in [2.75, 3.05) is 13.7 Å². The van der Waals surface area contributed by atoms with Gasteiger partial charge >= 0.3 is 0 Å². The highest BCUT2D eigenvalue weighted by molar-refractivity contribution is 7.11. The van der Waals surface area contributed by atoms with E-state index < -0.39 is 0 Å². The third kappa shape index (κ3) is 5.28. The first-order valence-corrected chi connectivity index (χ1v) is 8.80. The Kier molecular flexibility index (Phi) is 6.94. The van der Waals surface area contributed by atoms with E-state index in [-0.39, 0.29) is 0 Å². The largest absolute Gasteiger partial charge is 0.496 e. The van der Waals surface area contributed by atoms with E-state index in [0.29, 0.717) is 6.54 Å². The second-order valence-electron chi connectivity index (χ2n) is 5.08. The lowest BCUT2D eigenvalue weighted by atomic mass is 10.2. The summed E-state index contributed by atoms with van der Waals surface area (Å²) in [7, 11) is 1.69. The summed E-state index contributed by atoms with van der Waals surface area (Å²) in [6.45, 7) is 6.47. The van der Waals surface area contributed by atoms with Crippen LogP contribution in [-0.2, 0) is 19.5 Å². The van der Waals surface area contributed by atoms with Crippen LogP contribution in [0.2, 0.25) is 0 Å². The maximum absolute atomic E-state index is 5.37. The molecule has 0 bridgehead atoms. The van der Waals surface area contributed by atoms with E-state index in [9.17, 15) is 0 Å². The van der Waals surface area contributed by atoms with Crippen molar-refractivity contribution in [3.05, 3.63) is 51.7 Å². The maximum atomic E-state index is 5.37. The van der Waals surface area contributed by atoms with Crippen molar-refractivity contribution in [2.24, 2.45) is 4.99 Å². The van der Waals surface area contributed by atoms with Gasteiger partial charge in [0.15, 0.2) is 5.96 Å². The monoisotopic (exact) mass is 331 g/mol. The zero-order valence-electron chi connectivity index (χ0n) is 14.1. The van der Waals surface area contributed by atoms with Crippen LogP contribution < -0.4 is 15.4 Å². The molecule has 0 aliphatic heterocycles. The van der Waals surface area contributed by atoms with Crippen LogP contribution >= 0.6 is 11.3 Å². The molecular formula is C18H25N3OS. The zero-order chi connectivity index (χ0) is 16.5. The molecule has 5 heteroatoms. The highest BCUT2D eigenvalue weighted by atomic mass is 32.1. The summed E-state index contributed by atoms with van der Waals surface area (Å²) in [5, 5.41) is 6.67. The van der Waals surface area contributed by atoms with Gasteiger partial charge in [-0.25, -0.2) is 4.99 Å². The predicted octanol–water partition coefficient (Wildman–Crippen LogP) is 3.57. The van der Waals surface area contributed by atoms with Crippen LogP contribution in [0.1, 0.15) is 29.2 Å². The minimum absolute atomic E-state index is 0.587. The van der Waals surface area contributed by atoms with Crippen LogP contribution in [0.4, 0.5) is 0 Å². The predicted molar refractivity (Wildman–Crippen MR) is 98.3 cm³/mol. The van der Waals surface area contributed by atoms with Gasteiger partial charge in [-0.2, -0.15) is 0 Å². The Morgan fingerprint density at radius 2 is 1.87 bits per heavy atom. The molecule has 0 saturated heterocycles. The Labute approximate surface area is 142 Å². The Morgan fingerprint density at radius 3 is 2.57 bits per heavy atom. The number of aliphatic imine (C=N–C) groups is 1. The number of thiophene rings is 1. The molecule has 1 aromatic heterocycles. The normalized spacial score (nSPS) is 11.3. The van der Waals surface area contributed by atoms with Gasteiger partial charge < -0.3 is 15.4 Å². The van der Waals surface area contributed by atoms with Gasteiger partial charge in [-0.05, 0) is 31.5 Å². The van der Waals surface area contributed by atoms with Crippen molar-refractivity contribution in [3.8, 4) is 5.75 Å². The van der Waals surface area contributed by atoms with Crippen LogP contribution in [0.3, 0.4) is 0 Å². The number of hydrogen-bond acceptors (Lipinski definition) is 3. The standard InChI is InChI=1S/C18H25N3OS/c1-4-15-10-11-16(23-15)13-21-18(19-5-2)20-12-14-8-6-7-9-17(14)22-3/h6-11H,4-5,12-13H2,1-3H3,(H2,19,20,21). The van der Waals surface area contributed by atoms with Gasteiger partial charge in [0.25, 0.3) is 0 Å². The number of hydrogen-bond donors (Lipinski definition) is 2. The molecule has 0 amide bonds. The van der Waals surface area contributed by atoms with E-state index in [4.69, 9.17) is 4.74 Å². The quantitative estimate of drug-likeness (QED) is 0.602. The Hall–Kier alpha value is -2.01. The van der Waals surface area contributed by atoms with Crippen LogP contribution in [0.25, 0.3) is 0 Å². The van der Waals surface area contributed by atoms with Crippen molar-refractivity contribution in [2.45, 2.75) is 33.4 Å². The van der Waals surface area contributed by atoms with Gasteiger partial charge in [0.2, 0.25) is 0 Å². The van der Waals surface area contributed by atoms with Crippen molar-refractivity contribution in [1.29, 1.82) is 0 Å². The molecule has 0 spiro atoms. The number of aryl methyl sites for hydroxylation is 1. The second-order valence-corrected chi connectivity index (χ2v) is 6.34. The lowest BCUT2D eigenvalue weighted by Crippen LogP contribution is -2.36. The number of guanidine groups is 1. The highest BCUT2D eigenvalue weighted by Gasteiger charge is 2.03. The summed E-state index contributed by atoms with van der Waals surface area (Å²) in [6.07, 6.45) is 1.09. The van der Waals surface area contributed by atoms with E-state index in [1.54, 1.807) is 7.11 Å². The van der Waals surface area contributed by atoms with Crippen LogP contribution in [0, 0.1) is 0 Å². The average Bonchev–Trinajstić information content (AvgIpc) is 3.05. The number of para-hydroxylation sites is 1. The minimum Gasteiger partial charge on any atom is -0.496 e. The van der Waals surface area contributed by atoms with E-state index >= 15 is 0 Å². The smallest absolute Gasteiger partial charge is 0.191 e. The molecule has 0 aliphatic carbocycles. The summed E-state index contributed by atoms with van der Waals surface area (Å²) in [6, 6.07) is 12.4. The summed E-state index contributed by atoms with van der Waals surface area (Å²) < 4.78 is 5.37. The Morgan fingerprint density at radius 1 is 1.09 bits per heavy atom. The van der Waals surface area contributed by atoms with Crippen molar-refractivity contribution in [1.82, 2.24) is 10.6 Å². The molecule has 1 heterocycles. The second kappa shape index (κ2) is 9.20. The third-order valence-electron chi connectivity index (χ3n) is 3.44. The molecule has 2 rings (SSSR count). The SMILES string of the molecule is CCNC(=NCc1ccccc1OC)NCc1ccc(CC)s1. The van der Waals surface area contributed by atoms with Crippen molar-refractivity contribution < 1.29 is 4.74 Å². The van der Waals surface area contributed by atoms with Crippen molar-refractivity contribution in [3.63, 3.8) is 0 Å². The van der Waals surface area contributed by atoms with Gasteiger partial charge in [0.1, 0.15) is 5.75 Å². The average molecular weight is 331 g/mol. The first-order chi connectivity index (χ1) is 11.3. The minimum atomic E-state index is 0.587. The molecule has 2 N–H and O–H groups in total. The van der Waals surface area contributed by atoms with Crippen LogP contribution in [0.15, 0.2) is 41.4 Å². The lowest BCUT2D eigenvalue weighted by Gasteiger charge is -2.11. The topological polar surface area (TPSA) is 45.7 Å². The first-order valence-electron chi connectivity index (χ1n) is 7.98. The van der Waals surface area contributed by atoms with Gasteiger partial charge in [0.05, 0.1) is 20.2 Å². The highest BCUT2D eigenvalue weighted by Crippen LogP contribution is 2.18. The molecule has 2 aromatic rings. The molecule has 124 valence electrons. The molecule has 1 aromatic carbocycles. The van der Waals surface area contributed by atoms with Gasteiger partial charge in [-0.1, -0.05) is 25.1 Å². The fourth-order valence-electron chi connectivity index (χ4n) is 2.22. The third-order valence-corrected chi connectivity index (χ3v) is 4.67. The van der Waals surface area contributed by atoms with Gasteiger partial charge in [-0.3, -0.25) is 0 Å². The van der Waals surface area contributed by atoms with Crippen molar-refractivity contribution >= 4 is 17.3 Å². The first kappa shape index (κ1) is 17.3. The summed E-state index contributed by atoms with van der Waals surface area (Å²) in [5.41, 5.74) is 1.08. The number of rotatable bonds is 7. The molecule has 23 heavy (non-hydrogen) atoms. The summed E-state index contributed by atoms with van der Waals surface area (Å²) in [5.74, 6) is 1.70. The molecule has 0 unspecified atom stereocenters. The Balaban J connectivity index is 1.99. The number of benzene rings is 1. The van der Waals surface area contributed by atoms with Crippen LogP contribution in [-0.4, -0.2) is 19.6 Å². The molecule has 4 nitrogen and oxygen atoms in total. The number of nitrogens with one attached hydrogen (secondary N) is 2. The fourth-order valence-corrected chi connectivity index (χ4v) is 3.12. The molecule has 0 atom stereocenters. The van der Waals surface area contributed by atoms with E-state index in [2.05, 4.69) is 41.6 Å². The fraction of sp³-hybridized carbons (Fsp3) is 0.389. The summed E-state index contributed by atoms with van der Waals surface area (Å²) in [4.78, 5) is 7.39. The molecular weight excluding hydrogens is 306 g/mol. The van der Waals surface area contributed by atoms with E-state index in [1.807, 2.05) is 35.6 Å². The Bertz CT molecular complexity index is 637. The molecule has 0 saturated carbocycles. The van der Waals surface area contributed by atoms with Gasteiger partial charge in [0, 0.05) is 21.9 Å². The molecule has 0 fully saturated rings. The molecule has 0 radical (unpaired) electrons. The number of ether oxygens (including phenoxy) is 1. The van der Waals surface area contributed by atoms with Gasteiger partial charge in [-0.15, -0.1) is 11.3 Å².